The third-order valence-corrected chi connectivity index (χ3v) is 8.68. The van der Waals surface area contributed by atoms with Crippen LogP contribution >= 0.6 is 0 Å². The first-order valence-corrected chi connectivity index (χ1v) is 15.9. The van der Waals surface area contributed by atoms with E-state index in [0.29, 0.717) is 25.0 Å². The summed E-state index contributed by atoms with van der Waals surface area (Å²) in [7, 11) is 1.71. The third-order valence-electron chi connectivity index (χ3n) is 8.68. The topological polar surface area (TPSA) is 143 Å². The lowest BCUT2D eigenvalue weighted by Gasteiger charge is -2.41. The van der Waals surface area contributed by atoms with Crippen molar-refractivity contribution in [3.8, 4) is 0 Å². The van der Waals surface area contributed by atoms with Crippen LogP contribution in [0, 0.1) is 11.3 Å². The van der Waals surface area contributed by atoms with Crippen LogP contribution in [-0.2, 0) is 19.2 Å². The fourth-order valence-electron chi connectivity index (χ4n) is 6.08. The van der Waals surface area contributed by atoms with Crippen LogP contribution in [-0.4, -0.2) is 118 Å². The second kappa shape index (κ2) is 16.0. The number of carbonyl (C=O) groups is 4. The monoisotopic (exact) mass is 607 g/mol. The van der Waals surface area contributed by atoms with Crippen molar-refractivity contribution in [2.45, 2.75) is 124 Å². The zero-order valence-corrected chi connectivity index (χ0v) is 27.9. The summed E-state index contributed by atoms with van der Waals surface area (Å²) in [6.45, 7) is 16.4. The molecular formula is C32H57N5O6. The Balaban J connectivity index is 2.23. The van der Waals surface area contributed by atoms with Crippen molar-refractivity contribution in [3.05, 3.63) is 11.6 Å². The van der Waals surface area contributed by atoms with Crippen molar-refractivity contribution in [1.29, 1.82) is 0 Å². The number of aliphatic hydroxyl groups is 2. The summed E-state index contributed by atoms with van der Waals surface area (Å²) in [6, 6.07) is -1.88. The highest BCUT2D eigenvalue weighted by Gasteiger charge is 2.40. The molecule has 2 aliphatic heterocycles. The summed E-state index contributed by atoms with van der Waals surface area (Å²) in [5, 5.41) is 24.3. The van der Waals surface area contributed by atoms with E-state index in [2.05, 4.69) is 29.4 Å². The van der Waals surface area contributed by atoms with Crippen molar-refractivity contribution < 1.29 is 29.4 Å². The molecule has 2 aliphatic rings. The van der Waals surface area contributed by atoms with Crippen molar-refractivity contribution >= 4 is 23.6 Å². The Morgan fingerprint density at radius 2 is 1.60 bits per heavy atom. The summed E-state index contributed by atoms with van der Waals surface area (Å²) in [5.41, 5.74) is -0.117. The number of piperidine rings is 1. The van der Waals surface area contributed by atoms with E-state index in [1.165, 1.54) is 4.90 Å². The van der Waals surface area contributed by atoms with E-state index in [0.717, 1.165) is 25.8 Å². The van der Waals surface area contributed by atoms with Crippen molar-refractivity contribution in [1.82, 2.24) is 25.3 Å². The van der Waals surface area contributed by atoms with Gasteiger partial charge in [0, 0.05) is 31.8 Å². The third kappa shape index (κ3) is 9.74. The summed E-state index contributed by atoms with van der Waals surface area (Å²) in [5.74, 6) is -1.01. The molecule has 4 amide bonds. The quantitative estimate of drug-likeness (QED) is 0.247. The number of likely N-dealkylation sites (N-methyl/N-ethyl adjacent to an activating group) is 1. The van der Waals surface area contributed by atoms with Gasteiger partial charge in [-0.15, -0.1) is 0 Å². The SMILES string of the molecule is CC(=C[C@H](C(C)C)N(C)C(=O)[C@@H](NC(=O)[C@H]1CCCCN1C(C)C)C(C)(C)C)C(=O)N1CCC[C@H]1C(=O)NC[C@H](O)CO. The summed E-state index contributed by atoms with van der Waals surface area (Å²) in [6.07, 6.45) is 4.71. The minimum atomic E-state index is -1.06. The smallest absolute Gasteiger partial charge is 0.249 e. The van der Waals surface area contributed by atoms with E-state index >= 15 is 0 Å². The number of nitrogens with zero attached hydrogens (tertiary/aromatic N) is 3. The largest absolute Gasteiger partial charge is 0.394 e. The first-order valence-electron chi connectivity index (χ1n) is 15.9. The molecule has 0 saturated carbocycles. The Hall–Kier alpha value is -2.50. The molecule has 2 saturated heterocycles. The lowest BCUT2D eigenvalue weighted by Crippen LogP contribution is -2.60. The van der Waals surface area contributed by atoms with Gasteiger partial charge in [0.25, 0.3) is 0 Å². The van der Waals surface area contributed by atoms with Crippen molar-refractivity contribution in [3.63, 3.8) is 0 Å². The maximum atomic E-state index is 14.1. The lowest BCUT2D eigenvalue weighted by molar-refractivity contribution is -0.142. The number of hydrogen-bond acceptors (Lipinski definition) is 7. The molecule has 43 heavy (non-hydrogen) atoms. The summed E-state index contributed by atoms with van der Waals surface area (Å²) < 4.78 is 0. The Kier molecular flexibility index (Phi) is 13.6. The second-order valence-electron chi connectivity index (χ2n) is 13.9. The minimum Gasteiger partial charge on any atom is -0.394 e. The van der Waals surface area contributed by atoms with Gasteiger partial charge >= 0.3 is 0 Å². The van der Waals surface area contributed by atoms with Gasteiger partial charge in [-0.05, 0) is 64.3 Å². The molecule has 5 atom stereocenters. The predicted molar refractivity (Wildman–Crippen MR) is 167 cm³/mol. The number of aliphatic hydroxyl groups excluding tert-OH is 2. The maximum Gasteiger partial charge on any atom is 0.249 e. The molecule has 0 unspecified atom stereocenters. The second-order valence-corrected chi connectivity index (χ2v) is 13.9. The fourth-order valence-corrected chi connectivity index (χ4v) is 6.08. The summed E-state index contributed by atoms with van der Waals surface area (Å²) in [4.78, 5) is 59.3. The summed E-state index contributed by atoms with van der Waals surface area (Å²) >= 11 is 0. The van der Waals surface area contributed by atoms with Crippen molar-refractivity contribution in [2.24, 2.45) is 11.3 Å². The fraction of sp³-hybridized carbons (Fsp3) is 0.812. The molecule has 2 heterocycles. The van der Waals surface area contributed by atoms with Crippen LogP contribution in [0.3, 0.4) is 0 Å². The number of amides is 4. The van der Waals surface area contributed by atoms with Gasteiger partial charge < -0.3 is 30.6 Å². The Labute approximate surface area is 258 Å². The van der Waals surface area contributed by atoms with Gasteiger partial charge in [0.15, 0.2) is 0 Å². The average molecular weight is 608 g/mol. The van der Waals surface area contributed by atoms with Crippen LogP contribution in [0.15, 0.2) is 11.6 Å². The Bertz CT molecular complexity index is 1010. The molecule has 11 nitrogen and oxygen atoms in total. The number of nitrogens with one attached hydrogen (secondary N) is 2. The molecule has 0 aromatic carbocycles. The molecule has 0 spiro atoms. The molecule has 0 bridgehead atoms. The zero-order valence-electron chi connectivity index (χ0n) is 27.9. The minimum absolute atomic E-state index is 0.0274. The standard InChI is InChI=1S/C32H57N5O6/c1-20(2)26(17-22(5)30(42)37-16-12-14-24(37)28(40)33-18-23(39)19-38)35(9)31(43)27(32(6,7)8)34-29(41)25-13-10-11-15-36(25)21(3)4/h17,20-21,23-27,38-39H,10-16,18-19H2,1-9H3,(H,33,40)(H,34,41)/t23-,24-,25+,26+,27+/m0/s1. The van der Waals surface area contributed by atoms with E-state index in [9.17, 15) is 24.3 Å². The highest BCUT2D eigenvalue weighted by Crippen LogP contribution is 2.26. The van der Waals surface area contributed by atoms with Gasteiger partial charge in [-0.2, -0.15) is 0 Å². The molecule has 4 N–H and O–H groups in total. The molecule has 246 valence electrons. The Morgan fingerprint density at radius 1 is 0.977 bits per heavy atom. The van der Waals surface area contributed by atoms with Gasteiger partial charge in [-0.3, -0.25) is 24.1 Å². The molecule has 2 fully saturated rings. The van der Waals surface area contributed by atoms with Crippen LogP contribution in [0.2, 0.25) is 0 Å². The first kappa shape index (κ1) is 36.7. The van der Waals surface area contributed by atoms with E-state index in [1.54, 1.807) is 24.9 Å². The molecule has 0 radical (unpaired) electrons. The predicted octanol–water partition coefficient (Wildman–Crippen LogP) is 1.67. The van der Waals surface area contributed by atoms with Gasteiger partial charge in [0.2, 0.25) is 23.6 Å². The molecule has 11 heteroatoms. The number of hydrogen-bond donors (Lipinski definition) is 4. The molecule has 0 aromatic heterocycles. The normalized spacial score (nSPS) is 22.3. The Morgan fingerprint density at radius 3 is 2.16 bits per heavy atom. The van der Waals surface area contributed by atoms with Crippen LogP contribution in [0.4, 0.5) is 0 Å². The van der Waals surface area contributed by atoms with Crippen LogP contribution in [0.5, 0.6) is 0 Å². The number of carbonyl (C=O) groups excluding carboxylic acids is 4. The van der Waals surface area contributed by atoms with Gasteiger partial charge in [0.1, 0.15) is 12.1 Å². The van der Waals surface area contributed by atoms with E-state index < -0.39 is 36.3 Å². The number of likely N-dealkylation sites (tertiary alicyclic amines) is 2. The van der Waals surface area contributed by atoms with E-state index in [1.807, 2.05) is 34.6 Å². The highest BCUT2D eigenvalue weighted by atomic mass is 16.3. The van der Waals surface area contributed by atoms with Gasteiger partial charge in [-0.25, -0.2) is 0 Å². The first-order chi connectivity index (χ1) is 20.0. The molecule has 0 aliphatic carbocycles. The molecular weight excluding hydrogens is 550 g/mol. The molecule has 2 rings (SSSR count). The average Bonchev–Trinajstić information content (AvgIpc) is 3.45. The van der Waals surface area contributed by atoms with E-state index in [4.69, 9.17) is 5.11 Å². The lowest BCUT2D eigenvalue weighted by atomic mass is 9.84. The van der Waals surface area contributed by atoms with Crippen LogP contribution in [0.25, 0.3) is 0 Å². The van der Waals surface area contributed by atoms with Crippen molar-refractivity contribution in [2.75, 3.05) is 33.3 Å². The van der Waals surface area contributed by atoms with Crippen LogP contribution in [0.1, 0.15) is 87.5 Å². The number of rotatable bonds is 12. The highest BCUT2D eigenvalue weighted by molar-refractivity contribution is 5.97. The van der Waals surface area contributed by atoms with E-state index in [-0.39, 0.29) is 48.2 Å². The van der Waals surface area contributed by atoms with Gasteiger partial charge in [0.05, 0.1) is 24.8 Å². The maximum absolute atomic E-state index is 14.1. The molecule has 0 aromatic rings. The van der Waals surface area contributed by atoms with Gasteiger partial charge in [-0.1, -0.05) is 47.1 Å². The zero-order chi connectivity index (χ0) is 32.6. The van der Waals surface area contributed by atoms with Crippen LogP contribution < -0.4 is 10.6 Å².